The second-order valence-corrected chi connectivity index (χ2v) is 5.80. The van der Waals surface area contributed by atoms with Gasteiger partial charge in [0.25, 0.3) is 0 Å². The molecule has 0 saturated heterocycles. The lowest BCUT2D eigenvalue weighted by Gasteiger charge is -2.18. The molecule has 0 bridgehead atoms. The summed E-state index contributed by atoms with van der Waals surface area (Å²) in [4.78, 5) is 15.0. The Morgan fingerprint density at radius 1 is 1.29 bits per heavy atom. The lowest BCUT2D eigenvalue weighted by atomic mass is 10.2. The lowest BCUT2D eigenvalue weighted by molar-refractivity contribution is 0.207. The quantitative estimate of drug-likeness (QED) is 0.891. The minimum Gasteiger partial charge on any atom is -0.497 e. The molecule has 0 aliphatic carbocycles. The molecule has 1 aromatic carbocycles. The minimum absolute atomic E-state index is 0.0534. The van der Waals surface area contributed by atoms with E-state index in [4.69, 9.17) is 4.74 Å². The molecule has 0 unspecified atom stereocenters. The second-order valence-electron chi connectivity index (χ2n) is 4.77. The maximum atomic E-state index is 12.0. The molecule has 112 valence electrons. The van der Waals surface area contributed by atoms with Crippen LogP contribution in [0, 0.1) is 0 Å². The zero-order valence-electron chi connectivity index (χ0n) is 12.3. The van der Waals surface area contributed by atoms with Gasteiger partial charge in [0.05, 0.1) is 7.11 Å². The van der Waals surface area contributed by atoms with Crippen LogP contribution in [0.1, 0.15) is 10.4 Å². The Morgan fingerprint density at radius 2 is 2.05 bits per heavy atom. The predicted octanol–water partition coefficient (Wildman–Crippen LogP) is 3.14. The van der Waals surface area contributed by atoms with E-state index < -0.39 is 0 Å². The fraction of sp³-hybridized carbons (Fsp3) is 0.312. The first-order chi connectivity index (χ1) is 10.2. The van der Waals surface area contributed by atoms with Gasteiger partial charge in [-0.1, -0.05) is 18.2 Å². The van der Waals surface area contributed by atoms with Gasteiger partial charge in [-0.25, -0.2) is 4.79 Å². The Bertz CT molecular complexity index is 552. The first kappa shape index (κ1) is 15.4. The minimum atomic E-state index is -0.0534. The molecule has 5 heteroatoms. The Hall–Kier alpha value is -2.01. The molecule has 0 aliphatic rings. The van der Waals surface area contributed by atoms with Crippen molar-refractivity contribution in [3.05, 3.63) is 52.2 Å². The molecule has 0 saturated carbocycles. The summed E-state index contributed by atoms with van der Waals surface area (Å²) in [5, 5.41) is 4.98. The van der Waals surface area contributed by atoms with E-state index in [2.05, 4.69) is 11.4 Å². The largest absolute Gasteiger partial charge is 0.497 e. The molecule has 0 aliphatic heterocycles. The molecule has 0 atom stereocenters. The summed E-state index contributed by atoms with van der Waals surface area (Å²) in [6.45, 7) is 1.24. The van der Waals surface area contributed by atoms with Gasteiger partial charge in [-0.15, -0.1) is 11.3 Å². The van der Waals surface area contributed by atoms with Gasteiger partial charge in [0.2, 0.25) is 0 Å². The van der Waals surface area contributed by atoms with Crippen molar-refractivity contribution in [3.63, 3.8) is 0 Å². The number of rotatable bonds is 6. The van der Waals surface area contributed by atoms with Crippen LogP contribution in [0.5, 0.6) is 5.75 Å². The highest BCUT2D eigenvalue weighted by molar-refractivity contribution is 7.09. The van der Waals surface area contributed by atoms with Crippen LogP contribution >= 0.6 is 11.3 Å². The number of benzene rings is 1. The van der Waals surface area contributed by atoms with Gasteiger partial charge in [-0.2, -0.15) is 0 Å². The molecular formula is C16H20N2O2S. The summed E-state index contributed by atoms with van der Waals surface area (Å²) in [5.41, 5.74) is 1.08. The third kappa shape index (κ3) is 4.79. The maximum absolute atomic E-state index is 12.0. The van der Waals surface area contributed by atoms with Gasteiger partial charge in [-0.05, 0) is 35.6 Å². The van der Waals surface area contributed by atoms with Crippen LogP contribution in [0.4, 0.5) is 4.79 Å². The van der Waals surface area contributed by atoms with Crippen LogP contribution in [0.15, 0.2) is 41.8 Å². The normalized spacial score (nSPS) is 10.2. The van der Waals surface area contributed by atoms with Crippen molar-refractivity contribution in [3.8, 4) is 5.75 Å². The summed E-state index contributed by atoms with van der Waals surface area (Å²) in [5.74, 6) is 0.821. The van der Waals surface area contributed by atoms with Crippen molar-refractivity contribution in [2.45, 2.75) is 13.0 Å². The molecule has 0 fully saturated rings. The van der Waals surface area contributed by atoms with Gasteiger partial charge in [0, 0.05) is 25.0 Å². The highest BCUT2D eigenvalue weighted by Crippen LogP contribution is 2.12. The van der Waals surface area contributed by atoms with E-state index in [1.54, 1.807) is 30.4 Å². The van der Waals surface area contributed by atoms with Gasteiger partial charge >= 0.3 is 6.03 Å². The van der Waals surface area contributed by atoms with Gasteiger partial charge in [0.1, 0.15) is 5.75 Å². The molecule has 2 amide bonds. The fourth-order valence-corrected chi connectivity index (χ4v) is 2.67. The number of methoxy groups -OCH3 is 1. The molecule has 1 heterocycles. The number of hydrogen-bond acceptors (Lipinski definition) is 3. The van der Waals surface area contributed by atoms with Gasteiger partial charge in [0.15, 0.2) is 0 Å². The molecule has 21 heavy (non-hydrogen) atoms. The number of nitrogens with zero attached hydrogens (tertiary/aromatic N) is 1. The van der Waals surface area contributed by atoms with Crippen LogP contribution in [0.25, 0.3) is 0 Å². The summed E-state index contributed by atoms with van der Waals surface area (Å²) < 4.78 is 5.12. The van der Waals surface area contributed by atoms with Crippen molar-refractivity contribution in [1.82, 2.24) is 10.2 Å². The van der Waals surface area contributed by atoms with E-state index in [9.17, 15) is 4.79 Å². The topological polar surface area (TPSA) is 41.6 Å². The van der Waals surface area contributed by atoms with Crippen molar-refractivity contribution in [1.29, 1.82) is 0 Å². The molecule has 2 aromatic rings. The van der Waals surface area contributed by atoms with E-state index in [0.717, 1.165) is 17.7 Å². The number of thiophene rings is 1. The fourth-order valence-electron chi connectivity index (χ4n) is 1.96. The van der Waals surface area contributed by atoms with Crippen LogP contribution < -0.4 is 10.1 Å². The summed E-state index contributed by atoms with van der Waals surface area (Å²) in [7, 11) is 3.44. The van der Waals surface area contributed by atoms with Crippen molar-refractivity contribution >= 4 is 17.4 Å². The summed E-state index contributed by atoms with van der Waals surface area (Å²) >= 11 is 1.71. The third-order valence-electron chi connectivity index (χ3n) is 3.15. The zero-order chi connectivity index (χ0) is 15.1. The molecular weight excluding hydrogens is 284 g/mol. The van der Waals surface area contributed by atoms with Crippen LogP contribution in [0.3, 0.4) is 0 Å². The Morgan fingerprint density at radius 3 is 2.67 bits per heavy atom. The number of amides is 2. The highest BCUT2D eigenvalue weighted by atomic mass is 32.1. The molecule has 0 radical (unpaired) electrons. The standard InChI is InChI=1S/C16H20N2O2S/c1-18(12-13-5-7-14(20-2)8-6-13)16(19)17-10-9-15-4-3-11-21-15/h3-8,11H,9-10,12H2,1-2H3,(H,17,19). The monoisotopic (exact) mass is 304 g/mol. The van der Waals surface area contributed by atoms with Crippen LogP contribution in [0.2, 0.25) is 0 Å². The molecule has 1 N–H and O–H groups in total. The Labute approximate surface area is 129 Å². The number of carbonyl (C=O) groups excluding carboxylic acids is 1. The maximum Gasteiger partial charge on any atom is 0.317 e. The zero-order valence-corrected chi connectivity index (χ0v) is 13.2. The van der Waals surface area contributed by atoms with Crippen LogP contribution in [-0.2, 0) is 13.0 Å². The molecule has 1 aromatic heterocycles. The molecule has 2 rings (SSSR count). The van der Waals surface area contributed by atoms with Gasteiger partial charge < -0.3 is 15.0 Å². The third-order valence-corrected chi connectivity index (χ3v) is 4.09. The molecule has 0 spiro atoms. The first-order valence-corrected chi connectivity index (χ1v) is 7.71. The van der Waals surface area contributed by atoms with E-state index >= 15 is 0 Å². The smallest absolute Gasteiger partial charge is 0.317 e. The SMILES string of the molecule is COc1ccc(CN(C)C(=O)NCCc2cccs2)cc1. The Balaban J connectivity index is 1.76. The summed E-state index contributed by atoms with van der Waals surface area (Å²) in [6.07, 6.45) is 0.875. The van der Waals surface area contributed by atoms with Crippen molar-refractivity contribution < 1.29 is 9.53 Å². The highest BCUT2D eigenvalue weighted by Gasteiger charge is 2.08. The second kappa shape index (κ2) is 7.69. The van der Waals surface area contributed by atoms with E-state index in [0.29, 0.717) is 13.1 Å². The van der Waals surface area contributed by atoms with Crippen molar-refractivity contribution in [2.75, 3.05) is 20.7 Å². The number of urea groups is 1. The molecule has 4 nitrogen and oxygen atoms in total. The number of hydrogen-bond donors (Lipinski definition) is 1. The first-order valence-electron chi connectivity index (χ1n) is 6.83. The van der Waals surface area contributed by atoms with E-state index in [-0.39, 0.29) is 6.03 Å². The Kier molecular flexibility index (Phi) is 5.63. The average molecular weight is 304 g/mol. The number of nitrogens with one attached hydrogen (secondary N) is 1. The van der Waals surface area contributed by atoms with Crippen LogP contribution in [-0.4, -0.2) is 31.6 Å². The van der Waals surface area contributed by atoms with E-state index in [1.807, 2.05) is 35.7 Å². The average Bonchev–Trinajstić information content (AvgIpc) is 3.01. The number of ether oxygens (including phenoxy) is 1. The predicted molar refractivity (Wildman–Crippen MR) is 85.9 cm³/mol. The number of carbonyl (C=O) groups is 1. The van der Waals surface area contributed by atoms with Gasteiger partial charge in [-0.3, -0.25) is 0 Å². The summed E-state index contributed by atoms with van der Waals surface area (Å²) in [6, 6.07) is 11.8. The lowest BCUT2D eigenvalue weighted by Crippen LogP contribution is -2.37. The van der Waals surface area contributed by atoms with E-state index in [1.165, 1.54) is 4.88 Å². The van der Waals surface area contributed by atoms with Crippen molar-refractivity contribution in [2.24, 2.45) is 0 Å².